The largest absolute Gasteiger partial charge is 0.378 e. The molecule has 9 rings (SSSR count). The summed E-state index contributed by atoms with van der Waals surface area (Å²) in [6.45, 7) is 8.58. The maximum Gasteiger partial charge on any atom is 0.293 e. The number of halogens is 2. The van der Waals surface area contributed by atoms with Crippen LogP contribution in [0.2, 0.25) is 5.02 Å². The van der Waals surface area contributed by atoms with Gasteiger partial charge in [-0.3, -0.25) is 19.8 Å². The summed E-state index contributed by atoms with van der Waals surface area (Å²) in [5.41, 5.74) is 4.87. The molecule has 3 N–H and O–H groups in total. The van der Waals surface area contributed by atoms with Gasteiger partial charge in [-0.05, 0) is 103 Å². The van der Waals surface area contributed by atoms with Crippen molar-refractivity contribution in [2.45, 2.75) is 56.5 Å². The number of rotatable bonds is 12. The minimum atomic E-state index is -4.65. The number of benzene rings is 3. The van der Waals surface area contributed by atoms with E-state index in [1.165, 1.54) is 22.8 Å². The number of anilines is 2. The van der Waals surface area contributed by atoms with E-state index in [-0.39, 0.29) is 36.2 Å². The normalized spacial score (nSPS) is 19.6. The average Bonchev–Trinajstić information content (AvgIpc) is 3.92. The standard InChI is InChI=1S/C46H49ClFN9O6S/c1-45(2)15-12-32(37(25-45)30-4-6-33(47)7-5-30)27-54-17-19-55(20-18-54)34-8-10-36(40(23-34)56-41-22-31-13-16-49-43(31)52-39(41)26-51-56)44(58)53-64(61,62)35-9-11-38(42(24-35)57(59)60)50-28-46(48)14-3-21-63-29-46/h4-11,13,16,22-24,26,50H,3,12,14-15,17-21,25,27-29H2,1-2H3,(H,49,52)(H,53,58). The van der Waals surface area contributed by atoms with Gasteiger partial charge in [0, 0.05) is 67.7 Å². The third kappa shape index (κ3) is 9.07. The second-order valence-corrected chi connectivity index (χ2v) is 19.9. The van der Waals surface area contributed by atoms with E-state index in [4.69, 9.17) is 16.3 Å². The van der Waals surface area contributed by atoms with E-state index < -0.39 is 37.1 Å². The first kappa shape index (κ1) is 43.4. The highest BCUT2D eigenvalue weighted by Crippen LogP contribution is 2.43. The summed E-state index contributed by atoms with van der Waals surface area (Å²) in [7, 11) is -4.65. The molecule has 2 fully saturated rings. The van der Waals surface area contributed by atoms with Gasteiger partial charge in [-0.1, -0.05) is 43.2 Å². The van der Waals surface area contributed by atoms with E-state index in [1.54, 1.807) is 29.2 Å². The van der Waals surface area contributed by atoms with Crippen LogP contribution >= 0.6 is 11.6 Å². The molecule has 0 spiro atoms. The molecule has 5 heterocycles. The fourth-order valence-electron chi connectivity index (χ4n) is 9.02. The molecule has 15 nitrogen and oxygen atoms in total. The summed E-state index contributed by atoms with van der Waals surface area (Å²) >= 11 is 6.25. The number of hydrogen-bond donors (Lipinski definition) is 3. The van der Waals surface area contributed by atoms with E-state index in [9.17, 15) is 23.3 Å². The first-order valence-electron chi connectivity index (χ1n) is 21.4. The average molecular weight is 910 g/mol. The molecule has 0 radical (unpaired) electrons. The topological polar surface area (TPSA) is 181 Å². The zero-order valence-electron chi connectivity index (χ0n) is 35.6. The molecule has 3 aliphatic rings. The third-order valence-electron chi connectivity index (χ3n) is 12.6. The van der Waals surface area contributed by atoms with Crippen LogP contribution in [-0.2, 0) is 14.8 Å². The van der Waals surface area contributed by atoms with Gasteiger partial charge in [0.05, 0.1) is 45.9 Å². The number of nitrogens with zero attached hydrogens (tertiary/aromatic N) is 6. The van der Waals surface area contributed by atoms with Gasteiger partial charge in [-0.15, -0.1) is 0 Å². The second-order valence-electron chi connectivity index (χ2n) is 17.8. The van der Waals surface area contributed by atoms with Crippen molar-refractivity contribution < 1.29 is 27.3 Å². The molecule has 64 heavy (non-hydrogen) atoms. The van der Waals surface area contributed by atoms with Gasteiger partial charge in [0.2, 0.25) is 0 Å². The van der Waals surface area contributed by atoms with E-state index >= 15 is 4.39 Å². The number of pyridine rings is 1. The number of nitro groups is 1. The summed E-state index contributed by atoms with van der Waals surface area (Å²) in [4.78, 5) is 37.6. The Labute approximate surface area is 374 Å². The van der Waals surface area contributed by atoms with Crippen LogP contribution in [0.4, 0.5) is 21.5 Å². The molecule has 6 aromatic rings. The number of fused-ring (bicyclic) bond motifs is 2. The van der Waals surface area contributed by atoms with Crippen molar-refractivity contribution in [3.05, 3.63) is 117 Å². The molecule has 2 aliphatic heterocycles. The SMILES string of the molecule is CC1(C)CCC(CN2CCN(c3ccc(C(=O)NS(=O)(=O)c4ccc(NCC5(F)CCCOC5)c([N+](=O)[O-])c4)c(-n4ncc5nc6[nH]ccc6cc54)c3)CC2)=C(c2ccc(Cl)cc2)C1. The van der Waals surface area contributed by atoms with Crippen LogP contribution in [0.25, 0.3) is 33.3 Å². The number of alkyl halides is 1. The number of ether oxygens (including phenoxy) is 1. The lowest BCUT2D eigenvalue weighted by molar-refractivity contribution is -0.384. The number of nitrogens with one attached hydrogen (secondary N) is 3. The molecule has 0 bridgehead atoms. The smallest absolute Gasteiger partial charge is 0.293 e. The molecule has 2 saturated heterocycles. The number of sulfonamides is 1. The molecule has 1 amide bonds. The van der Waals surface area contributed by atoms with Crippen LogP contribution in [0.3, 0.4) is 0 Å². The Morgan fingerprint density at radius 3 is 2.58 bits per heavy atom. The molecular weight excluding hydrogens is 861 g/mol. The van der Waals surface area contributed by atoms with E-state index in [0.29, 0.717) is 48.5 Å². The molecule has 18 heteroatoms. The van der Waals surface area contributed by atoms with Gasteiger partial charge in [-0.25, -0.2) is 27.2 Å². The zero-order valence-corrected chi connectivity index (χ0v) is 37.1. The minimum Gasteiger partial charge on any atom is -0.378 e. The van der Waals surface area contributed by atoms with Crippen molar-refractivity contribution in [3.63, 3.8) is 0 Å². The molecular formula is C46H49ClFN9O6S. The quantitative estimate of drug-likeness (QED) is 0.0794. The summed E-state index contributed by atoms with van der Waals surface area (Å²) in [5.74, 6) is -0.965. The number of carbonyl (C=O) groups excluding carboxylic acids is 1. The Balaban J connectivity index is 0.977. The molecule has 3 aromatic carbocycles. The lowest BCUT2D eigenvalue weighted by atomic mass is 9.72. The molecule has 1 aliphatic carbocycles. The lowest BCUT2D eigenvalue weighted by Gasteiger charge is -2.39. The van der Waals surface area contributed by atoms with E-state index in [0.717, 1.165) is 67.1 Å². The highest BCUT2D eigenvalue weighted by atomic mass is 35.5. The Kier molecular flexibility index (Phi) is 11.7. The van der Waals surface area contributed by atoms with Gasteiger partial charge in [0.1, 0.15) is 16.9 Å². The van der Waals surface area contributed by atoms with Gasteiger partial charge in [0.25, 0.3) is 21.6 Å². The van der Waals surface area contributed by atoms with Crippen LogP contribution in [0.5, 0.6) is 0 Å². The van der Waals surface area contributed by atoms with Crippen LogP contribution < -0.4 is 14.9 Å². The monoisotopic (exact) mass is 909 g/mol. The molecule has 3 aromatic heterocycles. The first-order valence-corrected chi connectivity index (χ1v) is 23.3. The summed E-state index contributed by atoms with van der Waals surface area (Å²) < 4.78 is 51.8. The van der Waals surface area contributed by atoms with Crippen LogP contribution in [0.1, 0.15) is 61.9 Å². The highest BCUT2D eigenvalue weighted by molar-refractivity contribution is 7.90. The number of hydrogen-bond acceptors (Lipinski definition) is 11. The molecule has 0 saturated carbocycles. The summed E-state index contributed by atoms with van der Waals surface area (Å²) in [6.07, 6.45) is 7.25. The van der Waals surface area contributed by atoms with Crippen molar-refractivity contribution in [1.82, 2.24) is 29.4 Å². The van der Waals surface area contributed by atoms with Crippen LogP contribution in [-0.4, -0.2) is 102 Å². The maximum atomic E-state index is 15.2. The van der Waals surface area contributed by atoms with Crippen molar-refractivity contribution in [1.29, 1.82) is 0 Å². The molecule has 334 valence electrons. The van der Waals surface area contributed by atoms with Crippen molar-refractivity contribution in [3.8, 4) is 5.69 Å². The van der Waals surface area contributed by atoms with E-state index in [2.05, 4.69) is 60.9 Å². The number of carbonyl (C=O) groups is 1. The maximum absolute atomic E-state index is 15.2. The lowest BCUT2D eigenvalue weighted by Crippen LogP contribution is -2.47. The Bertz CT molecular complexity index is 2900. The zero-order chi connectivity index (χ0) is 44.8. The Morgan fingerprint density at radius 1 is 1.03 bits per heavy atom. The van der Waals surface area contributed by atoms with Crippen molar-refractivity contribution in [2.75, 3.05) is 62.7 Å². The number of nitro benzene ring substituents is 1. The van der Waals surface area contributed by atoms with Crippen LogP contribution in [0.15, 0.2) is 95.7 Å². The van der Waals surface area contributed by atoms with Gasteiger partial charge < -0.3 is 19.9 Å². The summed E-state index contributed by atoms with van der Waals surface area (Å²) in [5, 5.41) is 21.0. The van der Waals surface area contributed by atoms with Gasteiger partial charge in [0.15, 0.2) is 5.67 Å². The number of piperazine rings is 1. The van der Waals surface area contributed by atoms with E-state index in [1.807, 2.05) is 30.3 Å². The minimum absolute atomic E-state index is 0.00254. The number of aromatic amines is 1. The Hall–Kier alpha value is -5.88. The number of amides is 1. The number of H-pyrrole nitrogens is 1. The third-order valence-corrected chi connectivity index (χ3v) is 14.2. The fourth-order valence-corrected chi connectivity index (χ4v) is 10.1. The highest BCUT2D eigenvalue weighted by Gasteiger charge is 2.34. The van der Waals surface area contributed by atoms with Crippen LogP contribution in [0, 0.1) is 15.5 Å². The van der Waals surface area contributed by atoms with Gasteiger partial charge >= 0.3 is 0 Å². The Morgan fingerprint density at radius 2 is 1.83 bits per heavy atom. The van der Waals surface area contributed by atoms with Crippen molar-refractivity contribution >= 4 is 72.2 Å². The van der Waals surface area contributed by atoms with Gasteiger partial charge in [-0.2, -0.15) is 5.10 Å². The second kappa shape index (κ2) is 17.3. The molecule has 1 atom stereocenters. The molecule has 1 unspecified atom stereocenters. The predicted molar refractivity (Wildman–Crippen MR) is 246 cm³/mol. The number of aromatic nitrogens is 4. The first-order chi connectivity index (χ1) is 30.6. The summed E-state index contributed by atoms with van der Waals surface area (Å²) in [6, 6.07) is 20.3. The number of allylic oxidation sites excluding steroid dienone is 1. The predicted octanol–water partition coefficient (Wildman–Crippen LogP) is 8.30. The fraction of sp³-hybridized carbons (Fsp3) is 0.370. The van der Waals surface area contributed by atoms with Crippen molar-refractivity contribution in [2.24, 2.45) is 5.41 Å².